The van der Waals surface area contributed by atoms with Crippen LogP contribution in [0.15, 0.2) is 29.3 Å². The minimum atomic E-state index is -0.381. The van der Waals surface area contributed by atoms with Gasteiger partial charge in [0.1, 0.15) is 0 Å². The van der Waals surface area contributed by atoms with Gasteiger partial charge in [0.2, 0.25) is 0 Å². The zero-order valence-electron chi connectivity index (χ0n) is 11.5. The first-order valence-corrected chi connectivity index (χ1v) is 7.33. The van der Waals surface area contributed by atoms with Gasteiger partial charge in [-0.2, -0.15) is 0 Å². The zero-order chi connectivity index (χ0) is 14.3. The molecule has 0 saturated carbocycles. The van der Waals surface area contributed by atoms with E-state index in [2.05, 4.69) is 16.8 Å². The van der Waals surface area contributed by atoms with Gasteiger partial charge in [-0.1, -0.05) is 30.8 Å². The second kappa shape index (κ2) is 7.78. The molecule has 5 nitrogen and oxygen atoms in total. The van der Waals surface area contributed by atoms with Crippen molar-refractivity contribution in [3.8, 4) is 0 Å². The monoisotopic (exact) mass is 281 g/mol. The molecule has 19 heavy (non-hydrogen) atoms. The fourth-order valence-corrected chi connectivity index (χ4v) is 2.41. The molecule has 0 atom stereocenters. The number of benzene rings is 1. The molecule has 104 valence electrons. The van der Waals surface area contributed by atoms with Crippen molar-refractivity contribution >= 4 is 22.6 Å². The van der Waals surface area contributed by atoms with E-state index in [1.54, 1.807) is 43.1 Å². The van der Waals surface area contributed by atoms with E-state index in [1.165, 1.54) is 0 Å². The highest BCUT2D eigenvalue weighted by molar-refractivity contribution is 8.13. The van der Waals surface area contributed by atoms with Gasteiger partial charge < -0.3 is 4.90 Å². The number of nitro groups is 1. The lowest BCUT2D eigenvalue weighted by Crippen LogP contribution is -2.29. The minimum absolute atomic E-state index is 0.125. The standard InChI is InChI=1S/C13H19N3O2S/c1-4-9-15(13(14-2)19-3)10-11-5-7-12(8-6-11)16(17)18/h5-8H,4,9-10H2,1-3H3. The first kappa shape index (κ1) is 15.5. The van der Waals surface area contributed by atoms with Gasteiger partial charge in [-0.15, -0.1) is 0 Å². The number of rotatable bonds is 5. The summed E-state index contributed by atoms with van der Waals surface area (Å²) in [6.45, 7) is 3.76. The number of aliphatic imine (C=N–C) groups is 1. The maximum absolute atomic E-state index is 10.6. The summed E-state index contributed by atoms with van der Waals surface area (Å²) in [5, 5.41) is 11.6. The molecule has 0 bridgehead atoms. The van der Waals surface area contributed by atoms with Crippen molar-refractivity contribution in [2.24, 2.45) is 4.99 Å². The summed E-state index contributed by atoms with van der Waals surface area (Å²) in [6.07, 6.45) is 3.04. The molecule has 0 heterocycles. The molecular weight excluding hydrogens is 262 g/mol. The molecular formula is C13H19N3O2S. The molecule has 0 aliphatic heterocycles. The molecule has 0 aromatic heterocycles. The summed E-state index contributed by atoms with van der Waals surface area (Å²) in [5.74, 6) is 0. The van der Waals surface area contributed by atoms with Gasteiger partial charge in [0.15, 0.2) is 5.17 Å². The number of hydrogen-bond donors (Lipinski definition) is 0. The Hall–Kier alpha value is -1.56. The fraction of sp³-hybridized carbons (Fsp3) is 0.462. The van der Waals surface area contributed by atoms with Gasteiger partial charge in [0.25, 0.3) is 5.69 Å². The molecule has 0 amide bonds. The predicted molar refractivity (Wildman–Crippen MR) is 80.7 cm³/mol. The third-order valence-electron chi connectivity index (χ3n) is 2.66. The van der Waals surface area contributed by atoms with Crippen molar-refractivity contribution in [1.82, 2.24) is 4.90 Å². The molecule has 1 rings (SSSR count). The highest BCUT2D eigenvalue weighted by Crippen LogP contribution is 2.15. The van der Waals surface area contributed by atoms with Crippen molar-refractivity contribution in [3.05, 3.63) is 39.9 Å². The lowest BCUT2D eigenvalue weighted by atomic mass is 10.2. The number of nitrogens with zero attached hydrogens (tertiary/aromatic N) is 3. The van der Waals surface area contributed by atoms with Gasteiger partial charge in [0, 0.05) is 32.3 Å². The number of non-ortho nitro benzene ring substituents is 1. The number of thioether (sulfide) groups is 1. The average Bonchev–Trinajstić information content (AvgIpc) is 2.41. The van der Waals surface area contributed by atoms with Crippen LogP contribution in [0.3, 0.4) is 0 Å². The van der Waals surface area contributed by atoms with Crippen LogP contribution in [0.25, 0.3) is 0 Å². The molecule has 0 spiro atoms. The van der Waals surface area contributed by atoms with Crippen molar-refractivity contribution in [1.29, 1.82) is 0 Å². The highest BCUT2D eigenvalue weighted by Gasteiger charge is 2.11. The topological polar surface area (TPSA) is 58.7 Å². The molecule has 0 unspecified atom stereocenters. The Morgan fingerprint density at radius 1 is 1.42 bits per heavy atom. The average molecular weight is 281 g/mol. The normalized spacial score (nSPS) is 11.4. The van der Waals surface area contributed by atoms with Crippen molar-refractivity contribution in [2.75, 3.05) is 19.8 Å². The third kappa shape index (κ3) is 4.55. The van der Waals surface area contributed by atoms with E-state index in [0.29, 0.717) is 0 Å². The Kier molecular flexibility index (Phi) is 6.35. The summed E-state index contributed by atoms with van der Waals surface area (Å²) in [5.41, 5.74) is 1.18. The molecule has 0 fully saturated rings. The van der Waals surface area contributed by atoms with Crippen LogP contribution in [0, 0.1) is 10.1 Å². The van der Waals surface area contributed by atoms with E-state index < -0.39 is 0 Å². The molecule has 1 aromatic carbocycles. The number of nitro benzene ring substituents is 1. The second-order valence-electron chi connectivity index (χ2n) is 4.06. The Morgan fingerprint density at radius 3 is 2.47 bits per heavy atom. The predicted octanol–water partition coefficient (Wildman–Crippen LogP) is 3.16. The molecule has 0 aliphatic rings. The van der Waals surface area contributed by atoms with E-state index in [9.17, 15) is 10.1 Å². The first-order chi connectivity index (χ1) is 9.12. The molecule has 0 radical (unpaired) electrons. The van der Waals surface area contributed by atoms with Crippen molar-refractivity contribution < 1.29 is 4.92 Å². The summed E-state index contributed by atoms with van der Waals surface area (Å²) < 4.78 is 0. The Bertz CT molecular complexity index is 446. The quantitative estimate of drug-likeness (QED) is 0.360. The summed E-state index contributed by atoms with van der Waals surface area (Å²) >= 11 is 1.61. The first-order valence-electron chi connectivity index (χ1n) is 6.11. The van der Waals surface area contributed by atoms with E-state index in [1.807, 2.05) is 6.26 Å². The van der Waals surface area contributed by atoms with Gasteiger partial charge >= 0.3 is 0 Å². The Labute approximate surface area is 117 Å². The van der Waals surface area contributed by atoms with Crippen LogP contribution >= 0.6 is 11.8 Å². The van der Waals surface area contributed by atoms with Crippen molar-refractivity contribution in [2.45, 2.75) is 19.9 Å². The Balaban J connectivity index is 2.81. The van der Waals surface area contributed by atoms with Gasteiger partial charge in [-0.3, -0.25) is 15.1 Å². The van der Waals surface area contributed by atoms with E-state index in [0.717, 1.165) is 30.2 Å². The van der Waals surface area contributed by atoms with Crippen LogP contribution in [-0.4, -0.2) is 34.8 Å². The van der Waals surface area contributed by atoms with E-state index in [4.69, 9.17) is 0 Å². The molecule has 0 saturated heterocycles. The number of amidine groups is 1. The molecule has 1 aromatic rings. The van der Waals surface area contributed by atoms with E-state index in [-0.39, 0.29) is 10.6 Å². The second-order valence-corrected chi connectivity index (χ2v) is 4.83. The third-order valence-corrected chi connectivity index (χ3v) is 3.46. The smallest absolute Gasteiger partial charge is 0.269 e. The van der Waals surface area contributed by atoms with Crippen LogP contribution < -0.4 is 0 Å². The fourth-order valence-electron chi connectivity index (χ4n) is 1.82. The van der Waals surface area contributed by atoms with Crippen LogP contribution in [0.2, 0.25) is 0 Å². The van der Waals surface area contributed by atoms with Crippen LogP contribution in [-0.2, 0) is 6.54 Å². The van der Waals surface area contributed by atoms with Crippen molar-refractivity contribution in [3.63, 3.8) is 0 Å². The molecule has 0 N–H and O–H groups in total. The maximum Gasteiger partial charge on any atom is 0.269 e. The lowest BCUT2D eigenvalue weighted by molar-refractivity contribution is -0.384. The molecule has 6 heteroatoms. The summed E-state index contributed by atoms with van der Waals surface area (Å²) in [4.78, 5) is 16.7. The van der Waals surface area contributed by atoms with Gasteiger partial charge in [-0.25, -0.2) is 0 Å². The van der Waals surface area contributed by atoms with E-state index >= 15 is 0 Å². The number of hydrogen-bond acceptors (Lipinski definition) is 4. The summed E-state index contributed by atoms with van der Waals surface area (Å²) in [6, 6.07) is 6.69. The van der Waals surface area contributed by atoms with Gasteiger partial charge in [0.05, 0.1) is 4.92 Å². The minimum Gasteiger partial charge on any atom is -0.347 e. The summed E-state index contributed by atoms with van der Waals surface area (Å²) in [7, 11) is 1.78. The largest absolute Gasteiger partial charge is 0.347 e. The highest BCUT2D eigenvalue weighted by atomic mass is 32.2. The zero-order valence-corrected chi connectivity index (χ0v) is 12.3. The maximum atomic E-state index is 10.6. The van der Waals surface area contributed by atoms with Crippen LogP contribution in [0.5, 0.6) is 0 Å². The molecule has 0 aliphatic carbocycles. The Morgan fingerprint density at radius 2 is 2.05 bits per heavy atom. The SMILES string of the molecule is CCCN(Cc1ccc([N+](=O)[O-])cc1)C(=NC)SC. The van der Waals surface area contributed by atoms with Crippen LogP contribution in [0.1, 0.15) is 18.9 Å². The van der Waals surface area contributed by atoms with Gasteiger partial charge in [-0.05, 0) is 18.2 Å². The lowest BCUT2D eigenvalue weighted by Gasteiger charge is -2.24. The van der Waals surface area contributed by atoms with Crippen LogP contribution in [0.4, 0.5) is 5.69 Å².